The maximum atomic E-state index is 12.5. The van der Waals surface area contributed by atoms with E-state index in [0.29, 0.717) is 28.2 Å². The van der Waals surface area contributed by atoms with Gasteiger partial charge in [-0.05, 0) is 38.2 Å². The Hall–Kier alpha value is -1.26. The van der Waals surface area contributed by atoms with Crippen LogP contribution in [0.15, 0.2) is 18.2 Å². The quantitative estimate of drug-likeness (QED) is 0.843. The highest BCUT2D eigenvalue weighted by atomic mass is 35.5. The third-order valence-corrected chi connectivity index (χ3v) is 4.06. The maximum absolute atomic E-state index is 12.5. The van der Waals surface area contributed by atoms with Crippen LogP contribution in [0.1, 0.15) is 17.3 Å². The minimum atomic E-state index is -0.0128. The first-order valence-electron chi connectivity index (χ1n) is 6.41. The number of benzene rings is 1. The number of nitrogens with zero attached hydrogens (tertiary/aromatic N) is 2. The number of anilines is 1. The molecule has 0 radical (unpaired) electrons. The fourth-order valence-electron chi connectivity index (χ4n) is 2.66. The number of hydrogen-bond acceptors (Lipinski definition) is 3. The molecule has 5 heteroatoms. The zero-order valence-electron chi connectivity index (χ0n) is 11.6. The van der Waals surface area contributed by atoms with E-state index in [1.807, 2.05) is 19.0 Å². The molecule has 1 aliphatic heterocycles. The van der Waals surface area contributed by atoms with E-state index < -0.39 is 0 Å². The zero-order valence-corrected chi connectivity index (χ0v) is 12.3. The van der Waals surface area contributed by atoms with Gasteiger partial charge in [-0.1, -0.05) is 18.5 Å². The average molecular weight is 282 g/mol. The first-order chi connectivity index (χ1) is 8.90. The van der Waals surface area contributed by atoms with Crippen LogP contribution < -0.4 is 5.73 Å². The summed E-state index contributed by atoms with van der Waals surface area (Å²) in [5.74, 6) is 0.452. The van der Waals surface area contributed by atoms with Crippen molar-refractivity contribution in [2.45, 2.75) is 13.0 Å². The molecule has 1 aliphatic rings. The molecule has 0 aliphatic carbocycles. The monoisotopic (exact) mass is 281 g/mol. The second-order valence-electron chi connectivity index (χ2n) is 5.46. The van der Waals surface area contributed by atoms with Gasteiger partial charge < -0.3 is 15.5 Å². The summed E-state index contributed by atoms with van der Waals surface area (Å²) in [7, 11) is 4.09. The number of likely N-dealkylation sites (tertiary alicyclic amines) is 1. The summed E-state index contributed by atoms with van der Waals surface area (Å²) in [5.41, 5.74) is 6.75. The smallest absolute Gasteiger partial charge is 0.255 e. The summed E-state index contributed by atoms with van der Waals surface area (Å²) in [4.78, 5) is 16.5. The van der Waals surface area contributed by atoms with E-state index in [1.54, 1.807) is 18.2 Å². The van der Waals surface area contributed by atoms with Gasteiger partial charge in [0.1, 0.15) is 0 Å². The Kier molecular flexibility index (Phi) is 4.02. The van der Waals surface area contributed by atoms with Crippen LogP contribution in [0.3, 0.4) is 0 Å². The van der Waals surface area contributed by atoms with Gasteiger partial charge in [0, 0.05) is 24.8 Å². The van der Waals surface area contributed by atoms with Gasteiger partial charge >= 0.3 is 0 Å². The maximum Gasteiger partial charge on any atom is 0.255 e. The Balaban J connectivity index is 2.17. The normalized spacial score (nSPS) is 23.1. The summed E-state index contributed by atoms with van der Waals surface area (Å²) >= 11 is 6.10. The summed E-state index contributed by atoms with van der Waals surface area (Å²) in [6.45, 7) is 3.68. The fraction of sp³-hybridized carbons (Fsp3) is 0.500. The minimum Gasteiger partial charge on any atom is -0.399 e. The largest absolute Gasteiger partial charge is 0.399 e. The zero-order chi connectivity index (χ0) is 14.2. The summed E-state index contributed by atoms with van der Waals surface area (Å²) in [6.07, 6.45) is 0. The number of likely N-dealkylation sites (N-methyl/N-ethyl adjacent to an activating group) is 1. The highest BCUT2D eigenvalue weighted by Crippen LogP contribution is 2.25. The van der Waals surface area contributed by atoms with Gasteiger partial charge in [0.2, 0.25) is 0 Å². The van der Waals surface area contributed by atoms with Crippen molar-refractivity contribution >= 4 is 23.2 Å². The lowest BCUT2D eigenvalue weighted by molar-refractivity contribution is 0.0781. The Morgan fingerprint density at radius 1 is 1.42 bits per heavy atom. The minimum absolute atomic E-state index is 0.0128. The third-order valence-electron chi connectivity index (χ3n) is 3.75. The molecule has 2 N–H and O–H groups in total. The molecule has 0 bridgehead atoms. The van der Waals surface area contributed by atoms with Gasteiger partial charge in [0.25, 0.3) is 5.91 Å². The number of carbonyl (C=O) groups is 1. The Labute approximate surface area is 119 Å². The topological polar surface area (TPSA) is 49.6 Å². The summed E-state index contributed by atoms with van der Waals surface area (Å²) < 4.78 is 0. The van der Waals surface area contributed by atoms with Crippen molar-refractivity contribution in [3.05, 3.63) is 28.8 Å². The van der Waals surface area contributed by atoms with E-state index in [1.165, 1.54) is 0 Å². The molecule has 2 atom stereocenters. The Morgan fingerprint density at radius 2 is 2.11 bits per heavy atom. The lowest BCUT2D eigenvalue weighted by Gasteiger charge is -2.22. The van der Waals surface area contributed by atoms with E-state index in [-0.39, 0.29) is 5.91 Å². The Morgan fingerprint density at radius 3 is 2.63 bits per heavy atom. The number of nitrogens with two attached hydrogens (primary N) is 1. The molecule has 1 aromatic rings. The van der Waals surface area contributed by atoms with E-state index >= 15 is 0 Å². The van der Waals surface area contributed by atoms with Crippen LogP contribution in [0.4, 0.5) is 5.69 Å². The van der Waals surface area contributed by atoms with E-state index in [4.69, 9.17) is 17.3 Å². The van der Waals surface area contributed by atoms with Crippen LogP contribution in [0.5, 0.6) is 0 Å². The molecule has 1 aromatic carbocycles. The molecule has 2 rings (SSSR count). The second-order valence-corrected chi connectivity index (χ2v) is 5.86. The van der Waals surface area contributed by atoms with E-state index in [0.717, 1.165) is 13.1 Å². The van der Waals surface area contributed by atoms with Crippen molar-refractivity contribution in [2.24, 2.45) is 5.92 Å². The standard InChI is InChI=1S/C14H20ClN3O/c1-9-7-18(8-13(9)17(2)3)14(19)11-5-4-10(16)6-12(11)15/h4-6,9,13H,7-8,16H2,1-3H3. The molecule has 19 heavy (non-hydrogen) atoms. The van der Waals surface area contributed by atoms with Crippen molar-refractivity contribution in [1.82, 2.24) is 9.80 Å². The number of halogens is 1. The Bertz CT molecular complexity index is 490. The van der Waals surface area contributed by atoms with Gasteiger partial charge in [0.15, 0.2) is 0 Å². The van der Waals surface area contributed by atoms with Gasteiger partial charge in [-0.15, -0.1) is 0 Å². The average Bonchev–Trinajstić information content (AvgIpc) is 2.70. The van der Waals surface area contributed by atoms with Crippen molar-refractivity contribution in [3.63, 3.8) is 0 Å². The molecular formula is C14H20ClN3O. The summed E-state index contributed by atoms with van der Waals surface area (Å²) in [5, 5.41) is 0.422. The van der Waals surface area contributed by atoms with Crippen LogP contribution in [0, 0.1) is 5.92 Å². The molecule has 1 fully saturated rings. The van der Waals surface area contributed by atoms with Gasteiger partial charge in [-0.25, -0.2) is 0 Å². The van der Waals surface area contributed by atoms with Crippen molar-refractivity contribution in [2.75, 3.05) is 32.9 Å². The van der Waals surface area contributed by atoms with Gasteiger partial charge in [-0.2, -0.15) is 0 Å². The predicted molar refractivity (Wildman–Crippen MR) is 78.4 cm³/mol. The molecule has 104 valence electrons. The first-order valence-corrected chi connectivity index (χ1v) is 6.78. The second kappa shape index (κ2) is 5.39. The molecule has 1 saturated heterocycles. The lowest BCUT2D eigenvalue weighted by Crippen LogP contribution is -2.35. The molecular weight excluding hydrogens is 262 g/mol. The molecule has 0 aromatic heterocycles. The molecule has 2 unspecified atom stereocenters. The molecule has 1 heterocycles. The first kappa shape index (κ1) is 14.2. The van der Waals surface area contributed by atoms with E-state index in [9.17, 15) is 4.79 Å². The molecule has 4 nitrogen and oxygen atoms in total. The summed E-state index contributed by atoms with van der Waals surface area (Å²) in [6, 6.07) is 5.43. The number of nitrogen functional groups attached to an aromatic ring is 1. The highest BCUT2D eigenvalue weighted by Gasteiger charge is 2.34. The fourth-order valence-corrected chi connectivity index (χ4v) is 2.93. The number of hydrogen-bond donors (Lipinski definition) is 1. The molecule has 1 amide bonds. The van der Waals surface area contributed by atoms with Crippen molar-refractivity contribution in [1.29, 1.82) is 0 Å². The van der Waals surface area contributed by atoms with Crippen molar-refractivity contribution in [3.8, 4) is 0 Å². The molecule has 0 spiro atoms. The number of rotatable bonds is 2. The van der Waals surface area contributed by atoms with Crippen LogP contribution in [0.25, 0.3) is 0 Å². The van der Waals surface area contributed by atoms with Crippen LogP contribution in [0.2, 0.25) is 5.02 Å². The lowest BCUT2D eigenvalue weighted by atomic mass is 10.1. The predicted octanol–water partition coefficient (Wildman–Crippen LogP) is 1.94. The van der Waals surface area contributed by atoms with Crippen LogP contribution >= 0.6 is 11.6 Å². The van der Waals surface area contributed by atoms with Crippen LogP contribution in [-0.2, 0) is 0 Å². The number of carbonyl (C=O) groups excluding carboxylic acids is 1. The molecule has 0 saturated carbocycles. The SMILES string of the molecule is CC1CN(C(=O)c2ccc(N)cc2Cl)CC1N(C)C. The van der Waals surface area contributed by atoms with Gasteiger partial charge in [-0.3, -0.25) is 4.79 Å². The number of amides is 1. The van der Waals surface area contributed by atoms with Gasteiger partial charge in [0.05, 0.1) is 10.6 Å². The van der Waals surface area contributed by atoms with Crippen LogP contribution in [-0.4, -0.2) is 48.9 Å². The van der Waals surface area contributed by atoms with Crippen molar-refractivity contribution < 1.29 is 4.79 Å². The van der Waals surface area contributed by atoms with E-state index in [2.05, 4.69) is 11.8 Å². The third kappa shape index (κ3) is 2.85. The highest BCUT2D eigenvalue weighted by molar-refractivity contribution is 6.34.